The molecule has 2 unspecified atom stereocenters. The van der Waals surface area contributed by atoms with Gasteiger partial charge in [0.1, 0.15) is 29.3 Å². The maximum atomic E-state index is 15.1. The maximum Gasteiger partial charge on any atom is 0.331 e. The molecular formula is C35H30F4N6O7S. The van der Waals surface area contributed by atoms with Gasteiger partial charge in [-0.2, -0.15) is 0 Å². The van der Waals surface area contributed by atoms with E-state index in [1.807, 2.05) is 4.72 Å². The Labute approximate surface area is 299 Å². The van der Waals surface area contributed by atoms with Gasteiger partial charge in [-0.3, -0.25) is 19.3 Å². The Balaban J connectivity index is 1.12. The van der Waals surface area contributed by atoms with Gasteiger partial charge >= 0.3 is 12.0 Å². The topological polar surface area (TPSA) is 178 Å². The Morgan fingerprint density at radius 3 is 2.30 bits per heavy atom. The van der Waals surface area contributed by atoms with Crippen LogP contribution in [0.3, 0.4) is 0 Å². The van der Waals surface area contributed by atoms with Crippen molar-refractivity contribution in [1.29, 1.82) is 0 Å². The van der Waals surface area contributed by atoms with Crippen molar-refractivity contribution in [3.05, 3.63) is 107 Å². The number of aromatic nitrogens is 1. The fourth-order valence-electron chi connectivity index (χ4n) is 6.20. The zero-order valence-corrected chi connectivity index (χ0v) is 28.5. The normalized spacial score (nSPS) is 18.0. The summed E-state index contributed by atoms with van der Waals surface area (Å²) in [5, 5.41) is 15.0. The Kier molecular flexibility index (Phi) is 10.2. The smallest absolute Gasteiger partial charge is 0.331 e. The fourth-order valence-corrected chi connectivity index (χ4v) is 7.26. The number of amides is 4. The third-order valence-electron chi connectivity index (χ3n) is 8.97. The number of sulfonamides is 1. The van der Waals surface area contributed by atoms with Gasteiger partial charge in [-0.05, 0) is 66.6 Å². The number of rotatable bonds is 10. The van der Waals surface area contributed by atoms with Crippen LogP contribution < -0.4 is 20.3 Å². The Morgan fingerprint density at radius 2 is 1.66 bits per heavy atom. The summed E-state index contributed by atoms with van der Waals surface area (Å²) in [5.74, 6) is -8.09. The Hall–Kier alpha value is -5.88. The molecule has 276 valence electrons. The van der Waals surface area contributed by atoms with Crippen LogP contribution in [0.4, 0.5) is 33.7 Å². The second kappa shape index (κ2) is 14.6. The van der Waals surface area contributed by atoms with Crippen molar-refractivity contribution in [2.75, 3.05) is 29.8 Å². The van der Waals surface area contributed by atoms with Crippen molar-refractivity contribution in [2.45, 2.75) is 29.8 Å². The molecule has 2 aliphatic heterocycles. The molecule has 4 amide bonds. The van der Waals surface area contributed by atoms with Gasteiger partial charge in [0, 0.05) is 37.8 Å². The number of pyridine rings is 1. The van der Waals surface area contributed by atoms with E-state index >= 15 is 8.78 Å². The molecule has 0 spiro atoms. The average molecular weight is 755 g/mol. The van der Waals surface area contributed by atoms with Crippen LogP contribution in [0.5, 0.6) is 0 Å². The van der Waals surface area contributed by atoms with Crippen LogP contribution in [0, 0.1) is 29.2 Å². The van der Waals surface area contributed by atoms with E-state index in [0.29, 0.717) is 37.7 Å². The molecule has 1 aromatic heterocycles. The van der Waals surface area contributed by atoms with Gasteiger partial charge in [0.15, 0.2) is 0 Å². The minimum absolute atomic E-state index is 0.124. The van der Waals surface area contributed by atoms with Crippen LogP contribution >= 0.6 is 0 Å². The molecule has 13 nitrogen and oxygen atoms in total. The van der Waals surface area contributed by atoms with Crippen molar-refractivity contribution in [3.8, 4) is 11.1 Å². The number of hydrogen-bond donors (Lipinski definition) is 4. The quantitative estimate of drug-likeness (QED) is 0.175. The van der Waals surface area contributed by atoms with Gasteiger partial charge in [0.2, 0.25) is 5.91 Å². The van der Waals surface area contributed by atoms with E-state index < -0.39 is 85.7 Å². The number of halogens is 4. The number of likely N-dealkylation sites (N-methyl/N-ethyl adjacent to an activating group) is 1. The molecule has 0 aliphatic carbocycles. The van der Waals surface area contributed by atoms with Crippen molar-refractivity contribution in [3.63, 3.8) is 0 Å². The molecule has 4 aromatic rings. The highest BCUT2D eigenvalue weighted by Crippen LogP contribution is 2.31. The number of nitrogens with zero attached hydrogens (tertiary/aromatic N) is 3. The molecule has 0 bridgehead atoms. The number of carbonyl (C=O) groups excluding carboxylic acids is 3. The molecule has 3 atom stereocenters. The fraction of sp³-hybridized carbons (Fsp3) is 0.229. The van der Waals surface area contributed by atoms with Gasteiger partial charge in [0.05, 0.1) is 40.0 Å². The first kappa shape index (κ1) is 36.9. The first-order chi connectivity index (χ1) is 25.1. The molecule has 18 heteroatoms. The standard InChI is InChI=1S/C35H30F4N6O7S/c1-44-31-17-40-9-8-25(31)33(47)45(35(44)50)23-5-4-22(41-16-23)13-30(34(48)49)42-32(46)26-14-28(39)29(15-27(26)38)43-53(51,52)24-6-2-18(3-7-24)19-10-20(36)12-21(37)11-19/h2-7,10-12,14-16,25,30-31,40,43H,8-9,13,17H2,1H3,(H,42,46)(H,48,49)/t25?,30-,31?/m0/s1. The van der Waals surface area contributed by atoms with E-state index in [1.54, 1.807) is 7.05 Å². The number of piperidine rings is 1. The van der Waals surface area contributed by atoms with Crippen LogP contribution in [-0.4, -0.2) is 79.4 Å². The van der Waals surface area contributed by atoms with Gasteiger partial charge in [-0.25, -0.2) is 40.5 Å². The molecule has 3 aromatic carbocycles. The number of fused-ring (bicyclic) bond motifs is 1. The lowest BCUT2D eigenvalue weighted by Gasteiger charge is -2.45. The van der Waals surface area contributed by atoms with Crippen molar-refractivity contribution < 1.29 is 50.3 Å². The van der Waals surface area contributed by atoms with Crippen LogP contribution in [0.2, 0.25) is 0 Å². The summed E-state index contributed by atoms with van der Waals surface area (Å²) >= 11 is 0. The molecule has 2 saturated heterocycles. The Morgan fingerprint density at radius 1 is 0.962 bits per heavy atom. The van der Waals surface area contributed by atoms with E-state index in [2.05, 4.69) is 15.6 Å². The molecule has 0 saturated carbocycles. The number of anilines is 2. The molecule has 53 heavy (non-hydrogen) atoms. The van der Waals surface area contributed by atoms with Crippen molar-refractivity contribution in [1.82, 2.24) is 20.5 Å². The van der Waals surface area contributed by atoms with E-state index in [9.17, 15) is 41.5 Å². The summed E-state index contributed by atoms with van der Waals surface area (Å²) in [6, 6.07) is 8.48. The average Bonchev–Trinajstić information content (AvgIpc) is 3.12. The zero-order valence-electron chi connectivity index (χ0n) is 27.6. The molecule has 2 fully saturated rings. The number of benzene rings is 3. The van der Waals surface area contributed by atoms with Crippen LogP contribution in [-0.2, 0) is 26.0 Å². The molecular weight excluding hydrogens is 724 g/mol. The third-order valence-corrected chi connectivity index (χ3v) is 10.3. The summed E-state index contributed by atoms with van der Waals surface area (Å²) in [7, 11) is -2.93. The molecule has 2 aliphatic rings. The molecule has 0 radical (unpaired) electrons. The second-order valence-electron chi connectivity index (χ2n) is 12.4. The highest BCUT2D eigenvalue weighted by Gasteiger charge is 2.46. The predicted molar refractivity (Wildman–Crippen MR) is 181 cm³/mol. The number of carboxylic acid groups (broad SMARTS) is 1. The lowest BCUT2D eigenvalue weighted by atomic mass is 9.88. The van der Waals surface area contributed by atoms with Gasteiger partial charge in [0.25, 0.3) is 15.9 Å². The summed E-state index contributed by atoms with van der Waals surface area (Å²) in [6.45, 7) is 1.09. The summed E-state index contributed by atoms with van der Waals surface area (Å²) in [6.07, 6.45) is 1.33. The monoisotopic (exact) mass is 754 g/mol. The molecule has 3 heterocycles. The van der Waals surface area contributed by atoms with Gasteiger partial charge in [-0.15, -0.1) is 0 Å². The maximum absolute atomic E-state index is 15.1. The second-order valence-corrected chi connectivity index (χ2v) is 14.1. The predicted octanol–water partition coefficient (Wildman–Crippen LogP) is 3.91. The van der Waals surface area contributed by atoms with Crippen LogP contribution in [0.25, 0.3) is 11.1 Å². The number of carboxylic acids is 1. The minimum atomic E-state index is -4.53. The van der Waals surface area contributed by atoms with Crippen molar-refractivity contribution >= 4 is 45.2 Å². The lowest BCUT2D eigenvalue weighted by Crippen LogP contribution is -2.65. The number of imide groups is 1. The van der Waals surface area contributed by atoms with Crippen LogP contribution in [0.15, 0.2) is 77.8 Å². The Bertz CT molecular complexity index is 2200. The number of nitrogens with one attached hydrogen (secondary N) is 3. The highest BCUT2D eigenvalue weighted by atomic mass is 32.2. The van der Waals surface area contributed by atoms with Gasteiger partial charge < -0.3 is 20.6 Å². The number of aliphatic carboxylic acids is 1. The number of hydrogen-bond acceptors (Lipinski definition) is 8. The van der Waals surface area contributed by atoms with E-state index in [0.717, 1.165) is 29.2 Å². The van der Waals surface area contributed by atoms with Crippen molar-refractivity contribution in [2.24, 2.45) is 5.92 Å². The minimum Gasteiger partial charge on any atom is -0.480 e. The highest BCUT2D eigenvalue weighted by molar-refractivity contribution is 7.92. The first-order valence-electron chi connectivity index (χ1n) is 16.0. The van der Waals surface area contributed by atoms with Gasteiger partial charge in [-0.1, -0.05) is 12.1 Å². The van der Waals surface area contributed by atoms with E-state index in [-0.39, 0.29) is 34.5 Å². The lowest BCUT2D eigenvalue weighted by molar-refractivity contribution is -0.139. The summed E-state index contributed by atoms with van der Waals surface area (Å²) < 4.78 is 85.1. The number of urea groups is 1. The third kappa shape index (κ3) is 7.68. The molecule has 6 rings (SSSR count). The number of carbonyl (C=O) groups is 4. The van der Waals surface area contributed by atoms with Crippen LogP contribution in [0.1, 0.15) is 22.5 Å². The SMILES string of the molecule is CN1C(=O)N(c2ccc(C[C@H](NC(=O)c3cc(F)c(NS(=O)(=O)c4ccc(-c5cc(F)cc(F)c5)cc4)cc3F)C(=O)O)nc2)C(=O)C2CCNCC21. The largest absolute Gasteiger partial charge is 0.480 e. The van der Waals surface area contributed by atoms with E-state index in [1.165, 1.54) is 35.4 Å². The first-order valence-corrected chi connectivity index (χ1v) is 17.5. The zero-order chi connectivity index (χ0) is 38.2. The summed E-state index contributed by atoms with van der Waals surface area (Å²) in [5.41, 5.74) is -1.09. The molecule has 4 N–H and O–H groups in total. The summed E-state index contributed by atoms with van der Waals surface area (Å²) in [4.78, 5) is 57.4. The van der Waals surface area contributed by atoms with E-state index in [4.69, 9.17) is 0 Å².